The summed E-state index contributed by atoms with van der Waals surface area (Å²) >= 11 is 0. The molecule has 1 heterocycles. The van der Waals surface area contributed by atoms with E-state index < -0.39 is 47.9 Å². The fraction of sp³-hybridized carbons (Fsp3) is 0.600. The smallest absolute Gasteiger partial charge is 0.317 e. The van der Waals surface area contributed by atoms with Gasteiger partial charge in [-0.25, -0.2) is 0 Å². The predicted octanol–water partition coefficient (Wildman–Crippen LogP) is -0.154. The Morgan fingerprint density at radius 3 is 1.62 bits per heavy atom. The number of aliphatic carboxylic acids is 4. The summed E-state index contributed by atoms with van der Waals surface area (Å²) in [4.78, 5) is 63.1. The first-order chi connectivity index (χ1) is 18.9. The number of aryl methyl sites for hydroxylation is 1. The van der Waals surface area contributed by atoms with E-state index in [1.807, 2.05) is 4.90 Å². The van der Waals surface area contributed by atoms with Crippen LogP contribution in [0.25, 0.3) is 0 Å². The number of hydrogen-bond donors (Lipinski definition) is 4. The van der Waals surface area contributed by atoms with Crippen molar-refractivity contribution >= 4 is 29.6 Å². The molecular formula is C25H37N5O10. The van der Waals surface area contributed by atoms with Crippen LogP contribution in [-0.4, -0.2) is 147 Å². The number of carboxylic acids is 4. The fourth-order valence-electron chi connectivity index (χ4n) is 4.74. The lowest BCUT2D eigenvalue weighted by Crippen LogP contribution is -2.50. The van der Waals surface area contributed by atoms with Crippen molar-refractivity contribution in [2.45, 2.75) is 25.3 Å². The minimum Gasteiger partial charge on any atom is -0.480 e. The van der Waals surface area contributed by atoms with E-state index in [0.29, 0.717) is 65.1 Å². The molecule has 1 fully saturated rings. The molecule has 0 saturated carbocycles. The van der Waals surface area contributed by atoms with Crippen molar-refractivity contribution in [2.24, 2.45) is 0 Å². The van der Waals surface area contributed by atoms with Crippen LogP contribution in [0.5, 0.6) is 0 Å². The molecule has 1 atom stereocenters. The van der Waals surface area contributed by atoms with Gasteiger partial charge in [0.05, 0.1) is 31.1 Å². The van der Waals surface area contributed by atoms with Gasteiger partial charge in [0, 0.05) is 64.0 Å². The van der Waals surface area contributed by atoms with Gasteiger partial charge in [-0.2, -0.15) is 0 Å². The Balaban J connectivity index is 2.20. The molecular weight excluding hydrogens is 530 g/mol. The number of carbonyl (C=O) groups is 4. The summed E-state index contributed by atoms with van der Waals surface area (Å²) in [6.45, 7) is 1.28. The number of nitro groups is 1. The highest BCUT2D eigenvalue weighted by molar-refractivity contribution is 5.72. The van der Waals surface area contributed by atoms with Crippen LogP contribution in [0.15, 0.2) is 24.3 Å². The van der Waals surface area contributed by atoms with E-state index in [9.17, 15) is 49.7 Å². The number of nitro benzene ring substituents is 1. The van der Waals surface area contributed by atoms with Gasteiger partial charge >= 0.3 is 23.9 Å². The van der Waals surface area contributed by atoms with Gasteiger partial charge in [0.25, 0.3) is 5.69 Å². The zero-order chi connectivity index (χ0) is 29.7. The number of nitrogens with zero attached hydrogens (tertiary/aromatic N) is 5. The van der Waals surface area contributed by atoms with Crippen molar-refractivity contribution in [2.75, 3.05) is 72.0 Å². The van der Waals surface area contributed by atoms with Crippen LogP contribution in [0.4, 0.5) is 5.69 Å². The molecule has 0 aliphatic carbocycles. The third kappa shape index (κ3) is 12.5. The van der Waals surface area contributed by atoms with Gasteiger partial charge in [-0.3, -0.25) is 48.9 Å². The lowest BCUT2D eigenvalue weighted by atomic mass is 10.0. The molecule has 0 bridgehead atoms. The Hall–Kier alpha value is -3.66. The van der Waals surface area contributed by atoms with Crippen molar-refractivity contribution in [1.82, 2.24) is 19.6 Å². The lowest BCUT2D eigenvalue weighted by molar-refractivity contribution is -0.384. The highest BCUT2D eigenvalue weighted by atomic mass is 16.6. The zero-order valence-electron chi connectivity index (χ0n) is 22.3. The first kappa shape index (κ1) is 32.6. The molecule has 1 saturated heterocycles. The first-order valence-corrected chi connectivity index (χ1v) is 12.9. The minimum atomic E-state index is -1.17. The third-order valence-electron chi connectivity index (χ3n) is 6.73. The largest absolute Gasteiger partial charge is 0.480 e. The van der Waals surface area contributed by atoms with Crippen LogP contribution in [0.3, 0.4) is 0 Å². The van der Waals surface area contributed by atoms with Gasteiger partial charge in [-0.05, 0) is 24.8 Å². The molecule has 40 heavy (non-hydrogen) atoms. The van der Waals surface area contributed by atoms with Gasteiger partial charge in [-0.1, -0.05) is 12.1 Å². The number of rotatable bonds is 16. The van der Waals surface area contributed by atoms with Crippen molar-refractivity contribution in [3.05, 3.63) is 39.9 Å². The lowest BCUT2D eigenvalue weighted by Gasteiger charge is -2.35. The Morgan fingerprint density at radius 2 is 1.23 bits per heavy atom. The predicted molar refractivity (Wildman–Crippen MR) is 141 cm³/mol. The van der Waals surface area contributed by atoms with Gasteiger partial charge in [0.15, 0.2) is 0 Å². The molecule has 0 radical (unpaired) electrons. The minimum absolute atomic E-state index is 0.0300. The number of benzene rings is 1. The highest BCUT2D eigenvalue weighted by Crippen LogP contribution is 2.17. The molecule has 0 spiro atoms. The molecule has 2 rings (SSSR count). The number of hydrogen-bond acceptors (Lipinski definition) is 10. The van der Waals surface area contributed by atoms with Crippen molar-refractivity contribution in [3.8, 4) is 0 Å². The monoisotopic (exact) mass is 567 g/mol. The average Bonchev–Trinajstić information content (AvgIpc) is 2.94. The summed E-state index contributed by atoms with van der Waals surface area (Å²) in [5.74, 6) is -4.36. The van der Waals surface area contributed by atoms with Gasteiger partial charge in [-0.15, -0.1) is 0 Å². The Kier molecular flexibility index (Phi) is 13.4. The summed E-state index contributed by atoms with van der Waals surface area (Å²) in [7, 11) is 0. The van der Waals surface area contributed by atoms with Crippen LogP contribution in [0, 0.1) is 10.1 Å². The van der Waals surface area contributed by atoms with Crippen LogP contribution < -0.4 is 0 Å². The fourth-order valence-corrected chi connectivity index (χ4v) is 4.74. The molecule has 4 N–H and O–H groups in total. The topological polar surface area (TPSA) is 205 Å². The van der Waals surface area contributed by atoms with Crippen LogP contribution in [0.1, 0.15) is 18.4 Å². The zero-order valence-corrected chi connectivity index (χ0v) is 22.3. The molecule has 0 aromatic heterocycles. The third-order valence-corrected chi connectivity index (χ3v) is 6.73. The molecule has 1 aromatic carbocycles. The maximum Gasteiger partial charge on any atom is 0.317 e. The normalized spacial score (nSPS) is 16.5. The summed E-state index contributed by atoms with van der Waals surface area (Å²) in [6, 6.07) is 5.63. The van der Waals surface area contributed by atoms with E-state index >= 15 is 0 Å². The molecule has 1 aliphatic heterocycles. The second-order valence-electron chi connectivity index (χ2n) is 9.80. The van der Waals surface area contributed by atoms with E-state index in [1.54, 1.807) is 21.9 Å². The quantitative estimate of drug-likeness (QED) is 0.151. The maximum atomic E-state index is 11.6. The van der Waals surface area contributed by atoms with Gasteiger partial charge in [0.1, 0.15) is 0 Å². The summed E-state index contributed by atoms with van der Waals surface area (Å²) in [6.07, 6.45) is 1.54. The average molecular weight is 568 g/mol. The number of non-ortho nitro benzene ring substituents is 1. The first-order valence-electron chi connectivity index (χ1n) is 12.9. The van der Waals surface area contributed by atoms with Crippen molar-refractivity contribution in [3.63, 3.8) is 0 Å². The summed E-state index contributed by atoms with van der Waals surface area (Å²) in [5, 5.41) is 48.4. The second kappa shape index (κ2) is 16.4. The van der Waals surface area contributed by atoms with Crippen LogP contribution >= 0.6 is 0 Å². The van der Waals surface area contributed by atoms with Crippen LogP contribution in [0.2, 0.25) is 0 Å². The van der Waals surface area contributed by atoms with Crippen molar-refractivity contribution in [1.29, 1.82) is 0 Å². The van der Waals surface area contributed by atoms with E-state index in [4.69, 9.17) is 0 Å². The van der Waals surface area contributed by atoms with Crippen LogP contribution in [-0.2, 0) is 25.6 Å². The number of carboxylic acid groups (broad SMARTS) is 4. The molecule has 1 aromatic rings. The van der Waals surface area contributed by atoms with E-state index in [2.05, 4.69) is 0 Å². The molecule has 1 unspecified atom stereocenters. The van der Waals surface area contributed by atoms with E-state index in [1.165, 1.54) is 17.0 Å². The SMILES string of the molecule is O=C(O)CN1CCN(CC(=O)O)CCN(CC(CCCc2ccc([N+](=O)[O-])cc2)N(CC(=O)O)CC(=O)O)CC1. The van der Waals surface area contributed by atoms with E-state index in [0.717, 1.165) is 5.56 Å². The molecule has 1 aliphatic rings. The maximum absolute atomic E-state index is 11.6. The molecule has 222 valence electrons. The Bertz CT molecular complexity index is 978. The Morgan fingerprint density at radius 1 is 0.775 bits per heavy atom. The Labute approximate surface area is 231 Å². The van der Waals surface area contributed by atoms with E-state index in [-0.39, 0.29) is 18.8 Å². The molecule has 15 nitrogen and oxygen atoms in total. The van der Waals surface area contributed by atoms with Gasteiger partial charge < -0.3 is 20.4 Å². The molecule has 15 heteroatoms. The van der Waals surface area contributed by atoms with Crippen molar-refractivity contribution < 1.29 is 44.5 Å². The standard InChI is InChI=1S/C25H37N5O10/c31-22(32)15-27-10-8-26(9-11-28(13-12-27)16-23(33)34)14-21(29(17-24(35)36)18-25(37)38)3-1-2-19-4-6-20(7-5-19)30(39)40/h4-7,21H,1-3,8-18H2,(H,31,32)(H,33,34)(H,35,36)(H,37,38). The molecule has 0 amide bonds. The second-order valence-corrected chi connectivity index (χ2v) is 9.80. The summed E-state index contributed by atoms with van der Waals surface area (Å²) in [5.41, 5.74) is 0.821. The van der Waals surface area contributed by atoms with Gasteiger partial charge in [0.2, 0.25) is 0 Å². The summed E-state index contributed by atoms with van der Waals surface area (Å²) < 4.78 is 0. The highest BCUT2D eigenvalue weighted by Gasteiger charge is 2.27.